The van der Waals surface area contributed by atoms with Crippen LogP contribution in [0.15, 0.2) is 59.7 Å². The van der Waals surface area contributed by atoms with Crippen LogP contribution in [-0.4, -0.2) is 5.71 Å². The molecule has 0 aromatic heterocycles. The quantitative estimate of drug-likeness (QED) is 0.355. The van der Waals surface area contributed by atoms with E-state index in [-0.39, 0.29) is 24.7 Å². The van der Waals surface area contributed by atoms with Crippen molar-refractivity contribution in [2.45, 2.75) is 0 Å². The first-order valence-corrected chi connectivity index (χ1v) is 5.22. The third-order valence-corrected chi connectivity index (χ3v) is 2.27. The Balaban J connectivity index is 0.00000162. The molecule has 0 aliphatic carbocycles. The summed E-state index contributed by atoms with van der Waals surface area (Å²) in [6.07, 6.45) is 0. The van der Waals surface area contributed by atoms with Crippen LogP contribution in [0.3, 0.4) is 0 Å². The molecule has 0 saturated heterocycles. The second-order valence-corrected chi connectivity index (χ2v) is 3.54. The van der Waals surface area contributed by atoms with E-state index in [2.05, 4.69) is 17.5 Å². The van der Waals surface area contributed by atoms with Gasteiger partial charge in [0.05, 0.1) is 5.69 Å². The minimum absolute atomic E-state index is 0. The van der Waals surface area contributed by atoms with Gasteiger partial charge in [-0.15, -0.1) is 17.7 Å². The van der Waals surface area contributed by atoms with Gasteiger partial charge in [-0.2, -0.15) is 0 Å². The molecule has 0 aliphatic rings. The molecule has 1 N–H and O–H groups in total. The van der Waals surface area contributed by atoms with E-state index in [4.69, 9.17) is 0 Å². The van der Waals surface area contributed by atoms with E-state index in [1.165, 1.54) is 12.1 Å². The molecular formula is C14H12FLiN2. The van der Waals surface area contributed by atoms with Crippen molar-refractivity contribution >= 4 is 11.4 Å². The van der Waals surface area contributed by atoms with Crippen LogP contribution in [0.4, 0.5) is 10.1 Å². The summed E-state index contributed by atoms with van der Waals surface area (Å²) < 4.78 is 12.7. The smallest absolute Gasteiger partial charge is 0.281 e. The Hall–Kier alpha value is -1.69. The largest absolute Gasteiger partial charge is 1.00 e. The van der Waals surface area contributed by atoms with Gasteiger partial charge >= 0.3 is 18.9 Å². The van der Waals surface area contributed by atoms with Crippen LogP contribution in [0.5, 0.6) is 0 Å². The molecule has 0 atom stereocenters. The summed E-state index contributed by atoms with van der Waals surface area (Å²) in [7, 11) is 0. The van der Waals surface area contributed by atoms with Crippen molar-refractivity contribution in [3.05, 3.63) is 72.9 Å². The molecule has 2 rings (SSSR count). The van der Waals surface area contributed by atoms with Gasteiger partial charge in [-0.1, -0.05) is 23.9 Å². The Bertz CT molecular complexity index is 509. The third kappa shape index (κ3) is 3.96. The number of halogens is 1. The fraction of sp³-hybridized carbons (Fsp3) is 0. The molecule has 0 amide bonds. The second kappa shape index (κ2) is 6.90. The van der Waals surface area contributed by atoms with E-state index in [0.717, 1.165) is 11.3 Å². The number of anilines is 1. The molecule has 2 nitrogen and oxygen atoms in total. The van der Waals surface area contributed by atoms with Gasteiger partial charge in [0.15, 0.2) is 0 Å². The van der Waals surface area contributed by atoms with Crippen LogP contribution in [0.2, 0.25) is 0 Å². The van der Waals surface area contributed by atoms with Crippen LogP contribution in [0, 0.1) is 12.7 Å². The Labute approximate surface area is 118 Å². The molecule has 0 heterocycles. The Morgan fingerprint density at radius 1 is 1.00 bits per heavy atom. The zero-order valence-corrected chi connectivity index (χ0v) is 10.2. The van der Waals surface area contributed by atoms with Crippen molar-refractivity contribution in [3.63, 3.8) is 0 Å². The molecule has 0 spiro atoms. The topological polar surface area (TPSA) is 24.4 Å². The second-order valence-electron chi connectivity index (χ2n) is 3.54. The zero-order chi connectivity index (χ0) is 12.1. The van der Waals surface area contributed by atoms with Gasteiger partial charge in [0.1, 0.15) is 5.82 Å². The molecule has 0 radical (unpaired) electrons. The van der Waals surface area contributed by atoms with Gasteiger partial charge in [-0.25, -0.2) is 16.4 Å². The first kappa shape index (κ1) is 14.4. The van der Waals surface area contributed by atoms with Crippen molar-refractivity contribution in [2.75, 3.05) is 5.43 Å². The molecule has 0 unspecified atom stereocenters. The van der Waals surface area contributed by atoms with Crippen molar-refractivity contribution in [3.8, 4) is 0 Å². The number of hydrazone groups is 1. The van der Waals surface area contributed by atoms with Crippen LogP contribution in [0.1, 0.15) is 5.56 Å². The minimum Gasteiger partial charge on any atom is -0.281 e. The maximum absolute atomic E-state index is 12.7. The maximum Gasteiger partial charge on any atom is 1.00 e. The van der Waals surface area contributed by atoms with Gasteiger partial charge in [-0.05, 0) is 24.3 Å². The summed E-state index contributed by atoms with van der Waals surface area (Å²) in [4.78, 5) is 0. The predicted octanol–water partition coefficient (Wildman–Crippen LogP) is 0.480. The standard InChI is InChI=1S/C14H12FN2.Li/c1-11(12-5-3-2-4-6-12)16-17-14-9-7-13(15)8-10-14;/h2-10,17H,1H2;/q-1;+1/b16-11+;. The van der Waals surface area contributed by atoms with Gasteiger partial charge in [0, 0.05) is 0 Å². The zero-order valence-electron chi connectivity index (χ0n) is 10.2. The average molecular weight is 234 g/mol. The van der Waals surface area contributed by atoms with E-state index < -0.39 is 0 Å². The van der Waals surface area contributed by atoms with E-state index in [1.807, 2.05) is 30.3 Å². The number of rotatable bonds is 3. The summed E-state index contributed by atoms with van der Waals surface area (Å²) in [6, 6.07) is 15.6. The first-order chi connectivity index (χ1) is 8.25. The molecule has 0 aliphatic heterocycles. The van der Waals surface area contributed by atoms with E-state index in [9.17, 15) is 4.39 Å². The van der Waals surface area contributed by atoms with Gasteiger partial charge < -0.3 is 0 Å². The molecule has 2 aromatic carbocycles. The number of hydrogen-bond acceptors (Lipinski definition) is 2. The van der Waals surface area contributed by atoms with Crippen LogP contribution >= 0.6 is 0 Å². The third-order valence-electron chi connectivity index (χ3n) is 2.27. The molecule has 0 saturated carbocycles. The van der Waals surface area contributed by atoms with Gasteiger partial charge in [0.25, 0.3) is 0 Å². The van der Waals surface area contributed by atoms with E-state index in [1.54, 1.807) is 12.1 Å². The Morgan fingerprint density at radius 2 is 1.61 bits per heavy atom. The Kier molecular flexibility index (Phi) is 5.51. The number of nitrogens with zero attached hydrogens (tertiary/aromatic N) is 1. The summed E-state index contributed by atoms with van der Waals surface area (Å²) in [5, 5.41) is 4.13. The Morgan fingerprint density at radius 3 is 2.22 bits per heavy atom. The first-order valence-electron chi connectivity index (χ1n) is 5.22. The molecule has 4 heteroatoms. The van der Waals surface area contributed by atoms with Crippen LogP contribution < -0.4 is 24.3 Å². The van der Waals surface area contributed by atoms with Crippen molar-refractivity contribution in [1.82, 2.24) is 0 Å². The molecule has 2 aromatic rings. The normalized spacial score (nSPS) is 10.6. The summed E-state index contributed by atoms with van der Waals surface area (Å²) in [5.74, 6) is -0.266. The fourth-order valence-corrected chi connectivity index (χ4v) is 1.35. The van der Waals surface area contributed by atoms with Crippen molar-refractivity contribution in [1.29, 1.82) is 0 Å². The molecule has 0 fully saturated rings. The van der Waals surface area contributed by atoms with E-state index >= 15 is 0 Å². The monoisotopic (exact) mass is 234 g/mol. The van der Waals surface area contributed by atoms with E-state index in [0.29, 0.717) is 5.71 Å². The van der Waals surface area contributed by atoms with Crippen LogP contribution in [0.25, 0.3) is 0 Å². The molecule has 18 heavy (non-hydrogen) atoms. The van der Waals surface area contributed by atoms with Crippen molar-refractivity contribution < 1.29 is 23.3 Å². The number of nitrogens with one attached hydrogen (secondary N) is 1. The predicted molar refractivity (Wildman–Crippen MR) is 68.4 cm³/mol. The summed E-state index contributed by atoms with van der Waals surface area (Å²) in [6.45, 7) is 3.85. The fourth-order valence-electron chi connectivity index (χ4n) is 1.35. The van der Waals surface area contributed by atoms with Gasteiger partial charge in [-0.3, -0.25) is 5.43 Å². The molecular weight excluding hydrogens is 222 g/mol. The SMILES string of the molecule is [CH2-]/C(=N\Nc1ccc(F)cc1)c1ccccc1.[Li+]. The molecule has 0 bridgehead atoms. The molecule has 86 valence electrons. The number of benzene rings is 2. The maximum atomic E-state index is 12.7. The summed E-state index contributed by atoms with van der Waals surface area (Å²) in [5.41, 5.74) is 5.13. The van der Waals surface area contributed by atoms with Crippen LogP contribution in [-0.2, 0) is 0 Å². The van der Waals surface area contributed by atoms with Crippen molar-refractivity contribution in [2.24, 2.45) is 5.10 Å². The van der Waals surface area contributed by atoms with Gasteiger partial charge in [0.2, 0.25) is 0 Å². The number of hydrogen-bond donors (Lipinski definition) is 1. The minimum atomic E-state index is -0.266. The summed E-state index contributed by atoms with van der Waals surface area (Å²) >= 11 is 0. The average Bonchev–Trinajstić information content (AvgIpc) is 2.39.